The van der Waals surface area contributed by atoms with Gasteiger partial charge in [-0.05, 0) is 20.3 Å². The first-order valence-corrected chi connectivity index (χ1v) is 6.40. The minimum atomic E-state index is -4.44. The second-order valence-corrected chi connectivity index (χ2v) is 4.51. The lowest BCUT2D eigenvalue weighted by molar-refractivity contribution is -0.140. The number of nitrogen functional groups attached to an aromatic ring is 1. The largest absolute Gasteiger partial charge is 0.406 e. The predicted molar refractivity (Wildman–Crippen MR) is 69.3 cm³/mol. The summed E-state index contributed by atoms with van der Waals surface area (Å²) in [4.78, 5) is 13.1. The number of carbonyl (C=O) groups is 1. The van der Waals surface area contributed by atoms with Gasteiger partial charge in [-0.2, -0.15) is 18.3 Å². The third kappa shape index (κ3) is 3.64. The number of amides is 1. The van der Waals surface area contributed by atoms with Crippen molar-refractivity contribution in [2.45, 2.75) is 39.9 Å². The summed E-state index contributed by atoms with van der Waals surface area (Å²) >= 11 is 0. The summed E-state index contributed by atoms with van der Waals surface area (Å²) in [6.45, 7) is 4.18. The van der Waals surface area contributed by atoms with E-state index in [1.807, 2.05) is 0 Å². The van der Waals surface area contributed by atoms with Crippen LogP contribution in [-0.2, 0) is 6.54 Å². The number of rotatable bonds is 5. The zero-order chi connectivity index (χ0) is 15.5. The highest BCUT2D eigenvalue weighted by molar-refractivity contribution is 5.98. The molecule has 2 N–H and O–H groups in total. The van der Waals surface area contributed by atoms with Crippen LogP contribution in [0.1, 0.15) is 36.5 Å². The van der Waals surface area contributed by atoms with Crippen LogP contribution in [-0.4, -0.2) is 39.9 Å². The maximum absolute atomic E-state index is 12.5. The van der Waals surface area contributed by atoms with Crippen molar-refractivity contribution in [3.63, 3.8) is 0 Å². The Morgan fingerprint density at radius 2 is 2.00 bits per heavy atom. The standard InChI is InChI=1S/C12H19F3N4O/c1-4-6-18(7-12(13,14)15)11(20)10-9(16)8(3)17-19(10)5-2/h4-7,16H2,1-3H3. The van der Waals surface area contributed by atoms with Crippen molar-refractivity contribution in [1.82, 2.24) is 14.7 Å². The number of alkyl halides is 3. The molecule has 0 aliphatic heterocycles. The van der Waals surface area contributed by atoms with E-state index in [9.17, 15) is 18.0 Å². The molecule has 20 heavy (non-hydrogen) atoms. The molecule has 0 fully saturated rings. The van der Waals surface area contributed by atoms with Gasteiger partial charge >= 0.3 is 6.18 Å². The van der Waals surface area contributed by atoms with E-state index in [0.29, 0.717) is 18.7 Å². The maximum atomic E-state index is 12.5. The highest BCUT2D eigenvalue weighted by Gasteiger charge is 2.34. The number of nitrogens with zero attached hydrogens (tertiary/aromatic N) is 3. The molecule has 1 amide bonds. The topological polar surface area (TPSA) is 64.2 Å². The molecule has 114 valence electrons. The van der Waals surface area contributed by atoms with Gasteiger partial charge in [0.1, 0.15) is 12.2 Å². The molecule has 0 unspecified atom stereocenters. The molecule has 0 atom stereocenters. The highest BCUT2D eigenvalue weighted by atomic mass is 19.4. The lowest BCUT2D eigenvalue weighted by Crippen LogP contribution is -2.40. The first-order chi connectivity index (χ1) is 9.21. The summed E-state index contributed by atoms with van der Waals surface area (Å²) in [6.07, 6.45) is -4.01. The maximum Gasteiger partial charge on any atom is 0.406 e. The fourth-order valence-corrected chi connectivity index (χ4v) is 1.94. The van der Waals surface area contributed by atoms with Gasteiger partial charge in [0, 0.05) is 13.1 Å². The highest BCUT2D eigenvalue weighted by Crippen LogP contribution is 2.22. The molecule has 1 rings (SSSR count). The van der Waals surface area contributed by atoms with Crippen molar-refractivity contribution < 1.29 is 18.0 Å². The lowest BCUT2D eigenvalue weighted by Gasteiger charge is -2.23. The van der Waals surface area contributed by atoms with Crippen molar-refractivity contribution in [2.75, 3.05) is 18.8 Å². The monoisotopic (exact) mass is 292 g/mol. The minimum Gasteiger partial charge on any atom is -0.395 e. The van der Waals surface area contributed by atoms with Crippen molar-refractivity contribution >= 4 is 11.6 Å². The zero-order valence-electron chi connectivity index (χ0n) is 11.8. The van der Waals surface area contributed by atoms with Gasteiger partial charge in [0.2, 0.25) is 0 Å². The van der Waals surface area contributed by atoms with Gasteiger partial charge in [-0.25, -0.2) is 0 Å². The molecule has 1 heterocycles. The van der Waals surface area contributed by atoms with E-state index < -0.39 is 18.6 Å². The van der Waals surface area contributed by atoms with Crippen LogP contribution in [0, 0.1) is 6.92 Å². The summed E-state index contributed by atoms with van der Waals surface area (Å²) in [5.41, 5.74) is 6.38. The average molecular weight is 292 g/mol. The van der Waals surface area contributed by atoms with E-state index in [-0.39, 0.29) is 17.9 Å². The Morgan fingerprint density at radius 3 is 2.45 bits per heavy atom. The number of aryl methyl sites for hydroxylation is 2. The molecule has 0 aliphatic carbocycles. The molecule has 0 saturated heterocycles. The van der Waals surface area contributed by atoms with E-state index in [0.717, 1.165) is 4.90 Å². The van der Waals surface area contributed by atoms with Gasteiger partial charge in [0.05, 0.1) is 11.4 Å². The SMILES string of the molecule is CCCN(CC(F)(F)F)C(=O)c1c(N)c(C)nn1CC. The van der Waals surface area contributed by atoms with Crippen LogP contribution in [0.2, 0.25) is 0 Å². The van der Waals surface area contributed by atoms with Gasteiger partial charge in [-0.15, -0.1) is 0 Å². The summed E-state index contributed by atoms with van der Waals surface area (Å²) in [7, 11) is 0. The van der Waals surface area contributed by atoms with Crippen LogP contribution in [0.3, 0.4) is 0 Å². The zero-order valence-corrected chi connectivity index (χ0v) is 11.8. The molecular formula is C12H19F3N4O. The van der Waals surface area contributed by atoms with Crippen LogP contribution < -0.4 is 5.73 Å². The minimum absolute atomic E-state index is 0.0196. The third-order valence-electron chi connectivity index (χ3n) is 2.83. The van der Waals surface area contributed by atoms with Crippen molar-refractivity contribution in [3.8, 4) is 0 Å². The van der Waals surface area contributed by atoms with E-state index in [1.54, 1.807) is 20.8 Å². The van der Waals surface area contributed by atoms with E-state index in [1.165, 1.54) is 4.68 Å². The Kier molecular flexibility index (Phi) is 5.02. The van der Waals surface area contributed by atoms with E-state index in [2.05, 4.69) is 5.10 Å². The number of halogens is 3. The number of nitrogens with two attached hydrogens (primary N) is 1. The molecule has 5 nitrogen and oxygen atoms in total. The Bertz CT molecular complexity index is 482. The molecule has 0 bridgehead atoms. The molecule has 1 aromatic heterocycles. The summed E-state index contributed by atoms with van der Waals surface area (Å²) < 4.78 is 39.0. The number of aromatic nitrogens is 2. The van der Waals surface area contributed by atoms with Gasteiger partial charge < -0.3 is 10.6 Å². The molecule has 8 heteroatoms. The predicted octanol–water partition coefficient (Wildman–Crippen LogP) is 2.21. The molecule has 1 aromatic rings. The van der Waals surface area contributed by atoms with Crippen LogP contribution in [0.5, 0.6) is 0 Å². The first-order valence-electron chi connectivity index (χ1n) is 6.40. The fourth-order valence-electron chi connectivity index (χ4n) is 1.94. The van der Waals surface area contributed by atoms with Gasteiger partial charge in [-0.1, -0.05) is 6.92 Å². The number of hydrogen-bond acceptors (Lipinski definition) is 3. The van der Waals surface area contributed by atoms with Crippen molar-refractivity contribution in [3.05, 3.63) is 11.4 Å². The van der Waals surface area contributed by atoms with Crippen molar-refractivity contribution in [2.24, 2.45) is 0 Å². The second kappa shape index (κ2) is 6.15. The normalized spacial score (nSPS) is 11.7. The summed E-state index contributed by atoms with van der Waals surface area (Å²) in [5, 5.41) is 4.05. The second-order valence-electron chi connectivity index (χ2n) is 4.51. The number of carbonyl (C=O) groups excluding carboxylic acids is 1. The first kappa shape index (κ1) is 16.3. The summed E-state index contributed by atoms with van der Waals surface area (Å²) in [5.74, 6) is -0.732. The van der Waals surface area contributed by atoms with Gasteiger partial charge in [0.15, 0.2) is 0 Å². The van der Waals surface area contributed by atoms with Gasteiger partial charge in [0.25, 0.3) is 5.91 Å². The smallest absolute Gasteiger partial charge is 0.395 e. The number of hydrogen-bond donors (Lipinski definition) is 1. The van der Waals surface area contributed by atoms with Crippen molar-refractivity contribution in [1.29, 1.82) is 0 Å². The molecule has 0 radical (unpaired) electrons. The Morgan fingerprint density at radius 1 is 1.40 bits per heavy atom. The van der Waals surface area contributed by atoms with Gasteiger partial charge in [-0.3, -0.25) is 9.48 Å². The van der Waals surface area contributed by atoms with E-state index >= 15 is 0 Å². The van der Waals surface area contributed by atoms with Crippen LogP contribution in [0.25, 0.3) is 0 Å². The Hall–Kier alpha value is -1.73. The van der Waals surface area contributed by atoms with Crippen LogP contribution >= 0.6 is 0 Å². The molecule has 0 aliphatic rings. The Labute approximate surface area is 115 Å². The van der Waals surface area contributed by atoms with E-state index in [4.69, 9.17) is 5.73 Å². The molecular weight excluding hydrogens is 273 g/mol. The van der Waals surface area contributed by atoms with Crippen LogP contribution in [0.4, 0.5) is 18.9 Å². The summed E-state index contributed by atoms with van der Waals surface area (Å²) in [6, 6.07) is 0. The van der Waals surface area contributed by atoms with Crippen LogP contribution in [0.15, 0.2) is 0 Å². The fraction of sp³-hybridized carbons (Fsp3) is 0.667. The quantitative estimate of drug-likeness (QED) is 0.905. The molecule has 0 saturated carbocycles. The molecule has 0 spiro atoms. The third-order valence-corrected chi connectivity index (χ3v) is 2.83. The lowest BCUT2D eigenvalue weighted by atomic mass is 10.2. The average Bonchev–Trinajstić information content (AvgIpc) is 2.62. The molecule has 0 aromatic carbocycles. The Balaban J connectivity index is 3.12. The number of anilines is 1.